The molecule has 0 fully saturated rings. The van der Waals surface area contributed by atoms with E-state index in [-0.39, 0.29) is 19.0 Å². The van der Waals surface area contributed by atoms with Gasteiger partial charge in [0.15, 0.2) is 11.5 Å². The SMILES string of the molecule is COc1cccc2cc(C(=O)Nc3ccc(C)c(Cl)c3)n(NC(=O)C(=O)NCc3ccc4c(c3)OCO4)c12. The number of carbonyl (C=O) groups is 3. The summed E-state index contributed by atoms with van der Waals surface area (Å²) in [6.45, 7) is 2.07. The Morgan fingerprint density at radius 3 is 2.61 bits per heavy atom. The Morgan fingerprint density at radius 2 is 1.82 bits per heavy atom. The van der Waals surface area contributed by atoms with Gasteiger partial charge in [0.1, 0.15) is 17.0 Å². The molecule has 0 unspecified atom stereocenters. The van der Waals surface area contributed by atoms with Crippen LogP contribution in [0.2, 0.25) is 5.02 Å². The molecule has 38 heavy (non-hydrogen) atoms. The maximum absolute atomic E-state index is 13.3. The molecule has 0 radical (unpaired) electrons. The van der Waals surface area contributed by atoms with Gasteiger partial charge in [0.2, 0.25) is 6.79 Å². The van der Waals surface area contributed by atoms with Crippen molar-refractivity contribution >= 4 is 45.9 Å². The molecule has 0 saturated heterocycles. The highest BCUT2D eigenvalue weighted by molar-refractivity contribution is 6.38. The maximum Gasteiger partial charge on any atom is 0.328 e. The lowest BCUT2D eigenvalue weighted by molar-refractivity contribution is -0.136. The number of methoxy groups -OCH3 is 1. The van der Waals surface area contributed by atoms with Crippen LogP contribution in [0.5, 0.6) is 17.2 Å². The molecule has 11 heteroatoms. The van der Waals surface area contributed by atoms with Crippen LogP contribution in [0.4, 0.5) is 5.69 Å². The van der Waals surface area contributed by atoms with Crippen molar-refractivity contribution in [2.75, 3.05) is 24.6 Å². The summed E-state index contributed by atoms with van der Waals surface area (Å²) in [4.78, 5) is 38.8. The van der Waals surface area contributed by atoms with Gasteiger partial charge < -0.3 is 24.8 Å². The van der Waals surface area contributed by atoms with Gasteiger partial charge in [-0.15, -0.1) is 0 Å². The molecule has 3 amide bonds. The molecular weight excluding hydrogens is 512 g/mol. The topological polar surface area (TPSA) is 120 Å². The molecule has 194 valence electrons. The summed E-state index contributed by atoms with van der Waals surface area (Å²) in [5.41, 5.74) is 5.08. The molecular formula is C27H23ClN4O6. The molecule has 2 heterocycles. The van der Waals surface area contributed by atoms with Crippen molar-refractivity contribution in [3.63, 3.8) is 0 Å². The zero-order valence-corrected chi connectivity index (χ0v) is 21.2. The minimum Gasteiger partial charge on any atom is -0.494 e. The molecule has 0 aliphatic carbocycles. The van der Waals surface area contributed by atoms with Gasteiger partial charge in [-0.3, -0.25) is 19.8 Å². The Balaban J connectivity index is 1.38. The van der Waals surface area contributed by atoms with Crippen molar-refractivity contribution in [3.8, 4) is 17.2 Å². The molecule has 5 rings (SSSR count). The van der Waals surface area contributed by atoms with E-state index in [4.69, 9.17) is 25.8 Å². The molecule has 3 aromatic carbocycles. The van der Waals surface area contributed by atoms with Crippen LogP contribution in [0.15, 0.2) is 60.7 Å². The highest BCUT2D eigenvalue weighted by Crippen LogP contribution is 2.32. The van der Waals surface area contributed by atoms with Gasteiger partial charge in [-0.2, -0.15) is 0 Å². The number of halogens is 1. The van der Waals surface area contributed by atoms with E-state index in [9.17, 15) is 14.4 Å². The summed E-state index contributed by atoms with van der Waals surface area (Å²) in [6, 6.07) is 17.1. The van der Waals surface area contributed by atoms with Crippen LogP contribution in [0.1, 0.15) is 21.6 Å². The molecule has 0 spiro atoms. The Kier molecular flexibility index (Phi) is 6.80. The molecule has 0 bridgehead atoms. The fraction of sp³-hybridized carbons (Fsp3) is 0.148. The number of fused-ring (bicyclic) bond motifs is 2. The van der Waals surface area contributed by atoms with Crippen LogP contribution < -0.4 is 30.3 Å². The van der Waals surface area contributed by atoms with Crippen molar-refractivity contribution in [2.45, 2.75) is 13.5 Å². The van der Waals surface area contributed by atoms with Gasteiger partial charge in [0.05, 0.1) is 7.11 Å². The number of aryl methyl sites for hydroxylation is 1. The standard InChI is InChI=1S/C27H23ClN4O6/c1-15-6-8-18(12-19(15)28)30-25(33)20-11-17-4-3-5-22(36-2)24(17)32(20)31-27(35)26(34)29-13-16-7-9-21-23(10-16)38-14-37-21/h3-12H,13-14H2,1-2H3,(H,29,34)(H,30,33)(H,31,35). The van der Waals surface area contributed by atoms with Gasteiger partial charge in [0.25, 0.3) is 5.91 Å². The highest BCUT2D eigenvalue weighted by atomic mass is 35.5. The van der Waals surface area contributed by atoms with Gasteiger partial charge in [-0.1, -0.05) is 35.9 Å². The number of carbonyl (C=O) groups excluding carboxylic acids is 3. The molecule has 10 nitrogen and oxygen atoms in total. The third-order valence-electron chi connectivity index (χ3n) is 5.98. The van der Waals surface area contributed by atoms with E-state index in [2.05, 4.69) is 16.1 Å². The summed E-state index contributed by atoms with van der Waals surface area (Å²) in [6.07, 6.45) is 0. The van der Waals surface area contributed by atoms with E-state index in [1.54, 1.807) is 60.7 Å². The predicted octanol–water partition coefficient (Wildman–Crippen LogP) is 3.98. The van der Waals surface area contributed by atoms with E-state index in [0.717, 1.165) is 11.1 Å². The number of hydrogen-bond acceptors (Lipinski definition) is 6. The zero-order chi connectivity index (χ0) is 26.8. The van der Waals surface area contributed by atoms with Crippen molar-refractivity contribution < 1.29 is 28.6 Å². The summed E-state index contributed by atoms with van der Waals surface area (Å²) in [5, 5.41) is 6.47. The smallest absolute Gasteiger partial charge is 0.328 e. The van der Waals surface area contributed by atoms with E-state index in [1.807, 2.05) is 6.92 Å². The Morgan fingerprint density at radius 1 is 1.00 bits per heavy atom. The Bertz CT molecular complexity index is 1580. The second-order valence-electron chi connectivity index (χ2n) is 8.49. The molecule has 4 aromatic rings. The van der Waals surface area contributed by atoms with Crippen LogP contribution in [-0.4, -0.2) is 36.3 Å². The van der Waals surface area contributed by atoms with Crippen molar-refractivity contribution in [1.82, 2.24) is 9.99 Å². The van der Waals surface area contributed by atoms with Crippen molar-refractivity contribution in [1.29, 1.82) is 0 Å². The van der Waals surface area contributed by atoms with Crippen LogP contribution in [0.3, 0.4) is 0 Å². The lowest BCUT2D eigenvalue weighted by Crippen LogP contribution is -2.39. The molecule has 3 N–H and O–H groups in total. The summed E-state index contributed by atoms with van der Waals surface area (Å²) in [7, 11) is 1.47. The highest BCUT2D eigenvalue weighted by Gasteiger charge is 2.23. The number of aromatic nitrogens is 1. The van der Waals surface area contributed by atoms with Crippen LogP contribution in [-0.2, 0) is 16.1 Å². The fourth-order valence-corrected chi connectivity index (χ4v) is 4.19. The molecule has 0 atom stereocenters. The first-order valence-electron chi connectivity index (χ1n) is 11.6. The normalized spacial score (nSPS) is 11.8. The number of para-hydroxylation sites is 1. The number of nitrogens with zero attached hydrogens (tertiary/aromatic N) is 1. The fourth-order valence-electron chi connectivity index (χ4n) is 4.01. The van der Waals surface area contributed by atoms with Gasteiger partial charge in [-0.25, -0.2) is 4.68 Å². The molecule has 1 aromatic heterocycles. The summed E-state index contributed by atoms with van der Waals surface area (Å²) >= 11 is 6.20. The lowest BCUT2D eigenvalue weighted by atomic mass is 10.2. The van der Waals surface area contributed by atoms with E-state index >= 15 is 0 Å². The van der Waals surface area contributed by atoms with Gasteiger partial charge >= 0.3 is 11.8 Å². The number of anilines is 1. The van der Waals surface area contributed by atoms with Gasteiger partial charge in [-0.05, 0) is 54.4 Å². The zero-order valence-electron chi connectivity index (χ0n) is 20.5. The summed E-state index contributed by atoms with van der Waals surface area (Å²) in [5.74, 6) is -0.800. The summed E-state index contributed by atoms with van der Waals surface area (Å²) < 4.78 is 17.3. The third kappa shape index (κ3) is 4.94. The molecule has 1 aliphatic heterocycles. The molecule has 0 saturated carbocycles. The van der Waals surface area contributed by atoms with Crippen LogP contribution in [0.25, 0.3) is 10.9 Å². The number of hydrogen-bond donors (Lipinski definition) is 3. The Hall–Kier alpha value is -4.70. The monoisotopic (exact) mass is 534 g/mol. The minimum absolute atomic E-state index is 0.0816. The lowest BCUT2D eigenvalue weighted by Gasteiger charge is -2.14. The number of amides is 3. The van der Waals surface area contributed by atoms with Crippen LogP contribution >= 0.6 is 11.6 Å². The number of benzene rings is 3. The van der Waals surface area contributed by atoms with Crippen molar-refractivity contribution in [3.05, 3.63) is 82.5 Å². The first-order valence-corrected chi connectivity index (χ1v) is 12.0. The van der Waals surface area contributed by atoms with Crippen LogP contribution in [0, 0.1) is 6.92 Å². The quantitative estimate of drug-likeness (QED) is 0.322. The number of nitrogens with one attached hydrogen (secondary N) is 3. The first kappa shape index (κ1) is 25.0. The largest absolute Gasteiger partial charge is 0.494 e. The average molecular weight is 535 g/mol. The van der Waals surface area contributed by atoms with Crippen molar-refractivity contribution in [2.24, 2.45) is 0 Å². The first-order chi connectivity index (χ1) is 18.3. The minimum atomic E-state index is -0.971. The number of ether oxygens (including phenoxy) is 3. The predicted molar refractivity (Wildman–Crippen MR) is 141 cm³/mol. The second-order valence-corrected chi connectivity index (χ2v) is 8.90. The number of rotatable bonds is 6. The third-order valence-corrected chi connectivity index (χ3v) is 6.39. The van der Waals surface area contributed by atoms with E-state index in [0.29, 0.717) is 38.9 Å². The molecule has 1 aliphatic rings. The Labute approximate surface area is 222 Å². The van der Waals surface area contributed by atoms with E-state index < -0.39 is 17.7 Å². The maximum atomic E-state index is 13.3. The van der Waals surface area contributed by atoms with Gasteiger partial charge in [0, 0.05) is 22.6 Å². The second kappa shape index (κ2) is 10.3. The van der Waals surface area contributed by atoms with E-state index in [1.165, 1.54) is 11.8 Å². The average Bonchev–Trinajstić information content (AvgIpc) is 3.53.